The molecule has 660 valence electrons. The monoisotopic (exact) mass is 1760 g/mol. The van der Waals surface area contributed by atoms with Crippen LogP contribution in [0.3, 0.4) is 0 Å². The number of fused-ring (bicyclic) bond motifs is 7. The number of ether oxygens (including phenoxy) is 8. The summed E-state index contributed by atoms with van der Waals surface area (Å²) in [6, 6.07) is 65.7. The summed E-state index contributed by atoms with van der Waals surface area (Å²) in [6.07, 6.45) is -7.68. The average Bonchev–Trinajstić information content (AvgIpc) is 1.33. The maximum atomic E-state index is 15.8. The lowest BCUT2D eigenvalue weighted by Crippen LogP contribution is -2.38. The van der Waals surface area contributed by atoms with Crippen LogP contribution in [0.2, 0.25) is 0 Å². The number of hydrogen-bond donors (Lipinski definition) is 5. The maximum absolute atomic E-state index is 15.8. The summed E-state index contributed by atoms with van der Waals surface area (Å²) in [5.74, 6) is -2.32. The topological polar surface area (TPSA) is 412 Å². The second kappa shape index (κ2) is 40.6. The van der Waals surface area contributed by atoms with Gasteiger partial charge in [0.15, 0.2) is 11.2 Å². The number of esters is 1. The van der Waals surface area contributed by atoms with Crippen molar-refractivity contribution in [1.82, 2.24) is 44.6 Å². The Morgan fingerprint density at radius 1 is 0.609 bits per heavy atom. The van der Waals surface area contributed by atoms with Crippen molar-refractivity contribution >= 4 is 72.4 Å². The molecule has 34 heteroatoms. The smallest absolute Gasteiger partial charge is 0.475 e. The molecule has 4 aliphatic rings. The number of nitrogens with one attached hydrogen (secondary N) is 5. The van der Waals surface area contributed by atoms with Crippen LogP contribution >= 0.6 is 7.82 Å². The van der Waals surface area contributed by atoms with Gasteiger partial charge in [-0.25, -0.2) is 23.9 Å². The van der Waals surface area contributed by atoms with Crippen molar-refractivity contribution in [3.8, 4) is 39.8 Å². The van der Waals surface area contributed by atoms with Gasteiger partial charge in [-0.1, -0.05) is 164 Å². The van der Waals surface area contributed by atoms with Crippen molar-refractivity contribution in [2.75, 3.05) is 78.0 Å². The Hall–Kier alpha value is -13.8. The highest BCUT2D eigenvalue weighted by atomic mass is 31.2. The molecule has 2 saturated heterocycles. The van der Waals surface area contributed by atoms with Crippen molar-refractivity contribution < 1.29 is 89.6 Å². The lowest BCUT2D eigenvalue weighted by molar-refractivity contribution is -0.153. The largest absolute Gasteiger partial charge is 0.497 e. The molecule has 5 amide bonds. The Kier molecular flexibility index (Phi) is 28.3. The average molecular weight is 1760 g/mol. The first-order valence-electron chi connectivity index (χ1n) is 41.8. The summed E-state index contributed by atoms with van der Waals surface area (Å²) in [5.41, 5.74) is 8.17. The van der Waals surface area contributed by atoms with E-state index in [2.05, 4.69) is 53.3 Å². The van der Waals surface area contributed by atoms with Crippen molar-refractivity contribution in [2.45, 2.75) is 119 Å². The van der Waals surface area contributed by atoms with Crippen molar-refractivity contribution in [3.05, 3.63) is 290 Å². The zero-order valence-electron chi connectivity index (χ0n) is 70.4. The number of amides is 5. The van der Waals surface area contributed by atoms with Gasteiger partial charge in [-0.2, -0.15) is 15.2 Å². The molecular formula is C94H93N12O21P. The molecular weight excluding hydrogens is 1660 g/mol. The molecule has 0 spiro atoms. The van der Waals surface area contributed by atoms with E-state index in [1.807, 2.05) is 146 Å². The SMILES string of the molecule is COc1ccc(C(OC[C@H]2O[C@@H](n3cnc4c(=O)[nH]c(NC(=O)CCNC(=O)c5ccc(CNC(=O)OCC6c7ccccc7-c7ccccc76)cc5)nc43)CC2OP(=O)(OCCC#N)OC[C@H]2OC(n3ccc(NC(=O)CCCN(C)C(=O)OCC4c5ccccc5-c5ccccc54)nc3=O)CC2OC(=O)CCC(C)=O)(c2ccccc2)c2ccc(OC)cc2)cc1. The van der Waals surface area contributed by atoms with Crippen LogP contribution in [0.4, 0.5) is 21.4 Å². The number of hydrogen-bond acceptors (Lipinski definition) is 25. The highest BCUT2D eigenvalue weighted by Gasteiger charge is 2.49. The lowest BCUT2D eigenvalue weighted by Gasteiger charge is -2.37. The minimum atomic E-state index is -5.05. The number of alkyl carbamates (subject to hydrolysis) is 1. The predicted molar refractivity (Wildman–Crippen MR) is 466 cm³/mol. The normalized spacial score (nSPS) is 17.2. The number of anilines is 2. The summed E-state index contributed by atoms with van der Waals surface area (Å²) in [7, 11) is -0.400. The fourth-order valence-electron chi connectivity index (χ4n) is 16.3. The summed E-state index contributed by atoms with van der Waals surface area (Å²) >= 11 is 0. The van der Waals surface area contributed by atoms with Gasteiger partial charge in [0.25, 0.3) is 11.5 Å². The van der Waals surface area contributed by atoms with Gasteiger partial charge >= 0.3 is 31.7 Å². The zero-order chi connectivity index (χ0) is 89.4. The summed E-state index contributed by atoms with van der Waals surface area (Å²) in [6.45, 7) is 0.0920. The molecule has 5 N–H and O–H groups in total. The Morgan fingerprint density at radius 3 is 1.77 bits per heavy atom. The molecule has 0 radical (unpaired) electrons. The van der Waals surface area contributed by atoms with Crippen LogP contribution in [0.25, 0.3) is 33.4 Å². The van der Waals surface area contributed by atoms with Gasteiger partial charge in [0.05, 0.1) is 59.3 Å². The van der Waals surface area contributed by atoms with E-state index in [9.17, 15) is 48.4 Å². The molecule has 4 unspecified atom stereocenters. The van der Waals surface area contributed by atoms with Gasteiger partial charge < -0.3 is 63.5 Å². The van der Waals surface area contributed by atoms with Gasteiger partial charge in [-0.05, 0) is 123 Å². The summed E-state index contributed by atoms with van der Waals surface area (Å²) in [4.78, 5) is 137. The molecule has 15 rings (SSSR count). The molecule has 2 aliphatic carbocycles. The highest BCUT2D eigenvalue weighted by molar-refractivity contribution is 7.48. The number of nitrogens with zero attached hydrogens (tertiary/aromatic N) is 7. The van der Waals surface area contributed by atoms with E-state index in [0.717, 1.165) is 49.1 Å². The molecule has 11 aromatic rings. The number of phosphoric ester groups is 1. The van der Waals surface area contributed by atoms with Crippen LogP contribution in [-0.2, 0) is 77.9 Å². The fraction of sp³-hybridized carbons (Fsp3) is 0.309. The number of carbonyl (C=O) groups excluding carboxylic acids is 7. The van der Waals surface area contributed by atoms with Gasteiger partial charge in [0, 0.05) is 82.4 Å². The zero-order valence-corrected chi connectivity index (χ0v) is 71.3. The fourth-order valence-corrected chi connectivity index (χ4v) is 17.6. The number of imidazole rings is 1. The van der Waals surface area contributed by atoms with Crippen LogP contribution in [0.1, 0.15) is 137 Å². The first-order valence-corrected chi connectivity index (χ1v) is 43.2. The molecule has 0 bridgehead atoms. The number of Topliss-reactive ketones (excluding diaryl/α,β-unsaturated/α-hetero) is 1. The highest BCUT2D eigenvalue weighted by Crippen LogP contribution is 2.55. The van der Waals surface area contributed by atoms with Crippen molar-refractivity contribution in [3.63, 3.8) is 0 Å². The summed E-state index contributed by atoms with van der Waals surface area (Å²) in [5, 5.41) is 20.6. The quantitative estimate of drug-likeness (QED) is 0.00789. The first-order chi connectivity index (χ1) is 62.1. The van der Waals surface area contributed by atoms with Gasteiger partial charge in [0.1, 0.15) is 78.8 Å². The molecule has 2 fully saturated rings. The number of methoxy groups -OCH3 is 2. The second-order valence-corrected chi connectivity index (χ2v) is 32.6. The standard InChI is InChI=1S/C94H93N12O21P/c1-58(107)29-42-85(110)126-76-50-83(105-48-44-80(100-91(105)113)99-81(108)28-16-47-104(2)93(115)120-54-75-72-26-14-10-22-68(72)69-23-11-15-27-73(69)75)125-79(76)56-123-128(116,122-49-17-45-95)127-77-51-84(124-78(77)55-121-94(61-18-6-5-7-19-61,62-34-38-64(117-3)39-35-62)63-36-40-65(118-4)41-37-63)106-57-98-86-87(106)102-90(103-89(86)112)101-82(109)43-46-96-88(111)60-32-30-59(31-33-60)52-97-92(114)119-53-74-70-24-12-8-20-66(70)67-21-9-13-25-71(67)74/h5-15,18-27,30-41,44,48,57,74-79,83-84H,16-17,28-29,42-43,46-47,49-56H2,1-4H3,(H,96,111)(H,97,114)(H,99,100,108,113)(H2,101,102,103,109,112)/t76?,77?,78-,79-,83?,84-,128?/m1/s1. The van der Waals surface area contributed by atoms with Crippen LogP contribution in [0.5, 0.6) is 11.5 Å². The van der Waals surface area contributed by atoms with Crippen LogP contribution < -0.4 is 42.0 Å². The van der Waals surface area contributed by atoms with Gasteiger partial charge in [-0.15, -0.1) is 0 Å². The predicted octanol–water partition coefficient (Wildman–Crippen LogP) is 13.1. The lowest BCUT2D eigenvalue weighted by atomic mass is 9.80. The number of phosphoric acid groups is 1. The Morgan fingerprint density at radius 2 is 1.17 bits per heavy atom. The molecule has 7 atom stereocenters. The number of aromatic amines is 1. The number of aromatic nitrogens is 6. The van der Waals surface area contributed by atoms with E-state index in [1.54, 1.807) is 55.6 Å². The summed E-state index contributed by atoms with van der Waals surface area (Å²) < 4.78 is 86.4. The van der Waals surface area contributed by atoms with Gasteiger partial charge in [-0.3, -0.25) is 57.0 Å². The van der Waals surface area contributed by atoms with Crippen molar-refractivity contribution in [2.24, 2.45) is 0 Å². The van der Waals surface area contributed by atoms with E-state index < -0.39 is 111 Å². The van der Waals surface area contributed by atoms with E-state index in [0.29, 0.717) is 33.8 Å². The van der Waals surface area contributed by atoms with E-state index >= 15 is 4.57 Å². The van der Waals surface area contributed by atoms with Gasteiger partial charge in [0.2, 0.25) is 17.8 Å². The number of carbonyl (C=O) groups is 7. The minimum Gasteiger partial charge on any atom is -0.497 e. The molecule has 3 aromatic heterocycles. The molecule has 8 aromatic carbocycles. The van der Waals surface area contributed by atoms with E-state index in [-0.39, 0.29) is 137 Å². The molecule has 0 saturated carbocycles. The molecule has 128 heavy (non-hydrogen) atoms. The molecule has 33 nitrogen and oxygen atoms in total. The third kappa shape index (κ3) is 20.6. The number of ketones is 1. The Bertz CT molecular complexity index is 5970. The van der Waals surface area contributed by atoms with Crippen LogP contribution in [0, 0.1) is 11.3 Å². The minimum absolute atomic E-state index is 0.0623. The number of H-pyrrole nitrogens is 1. The molecule has 5 heterocycles. The Labute approximate surface area is 734 Å². The number of nitriles is 1. The van der Waals surface area contributed by atoms with Crippen LogP contribution in [0.15, 0.2) is 228 Å². The van der Waals surface area contributed by atoms with E-state index in [4.69, 9.17) is 51.5 Å². The van der Waals surface area contributed by atoms with E-state index in [1.165, 1.54) is 49.2 Å². The number of benzene rings is 8. The molecule has 2 aliphatic heterocycles. The number of rotatable bonds is 38. The maximum Gasteiger partial charge on any atom is 0.475 e. The first kappa shape index (κ1) is 89.0. The second-order valence-electron chi connectivity index (χ2n) is 31.0. The van der Waals surface area contributed by atoms with Crippen LogP contribution in [-0.4, -0.2) is 167 Å². The third-order valence-electron chi connectivity index (χ3n) is 22.7. The Balaban J connectivity index is 0.626. The third-order valence-corrected chi connectivity index (χ3v) is 24.2. The van der Waals surface area contributed by atoms with Crippen molar-refractivity contribution in [1.29, 1.82) is 5.26 Å².